The van der Waals surface area contributed by atoms with Crippen molar-refractivity contribution in [2.24, 2.45) is 0 Å². The summed E-state index contributed by atoms with van der Waals surface area (Å²) in [6.07, 6.45) is 2.87. The third kappa shape index (κ3) is 3.28. The van der Waals surface area contributed by atoms with E-state index in [4.69, 9.17) is 4.74 Å². The molecule has 1 aliphatic heterocycles. The lowest BCUT2D eigenvalue weighted by molar-refractivity contribution is 0.110. The normalized spacial score (nSPS) is 21.1. The largest absolute Gasteiger partial charge is 0.377 e. The number of aryl methyl sites for hydroxylation is 1. The molecule has 1 aliphatic rings. The average Bonchev–Trinajstić information content (AvgIpc) is 2.79. The molecule has 2 rings (SSSR count). The van der Waals surface area contributed by atoms with Crippen LogP contribution in [0.2, 0.25) is 0 Å². The molecule has 0 spiro atoms. The van der Waals surface area contributed by atoms with Gasteiger partial charge in [0.05, 0.1) is 6.10 Å². The summed E-state index contributed by atoms with van der Waals surface area (Å²) < 4.78 is 6.77. The van der Waals surface area contributed by atoms with Gasteiger partial charge in [-0.2, -0.15) is 0 Å². The molecule has 1 aromatic heterocycles. The van der Waals surface area contributed by atoms with Crippen LogP contribution in [0.25, 0.3) is 0 Å². The summed E-state index contributed by atoms with van der Waals surface area (Å²) in [5.74, 6) is 0. The number of hydrogen-bond donors (Lipinski definition) is 1. The first-order chi connectivity index (χ1) is 7.25. The Morgan fingerprint density at radius 3 is 3.13 bits per heavy atom. The van der Waals surface area contributed by atoms with Crippen LogP contribution in [0.4, 0.5) is 0 Å². The molecule has 2 heterocycles. The van der Waals surface area contributed by atoms with Crippen molar-refractivity contribution in [3.63, 3.8) is 0 Å². The lowest BCUT2D eigenvalue weighted by Crippen LogP contribution is -2.25. The first-order valence-corrected chi connectivity index (χ1v) is 6.94. The first-order valence-electron chi connectivity index (χ1n) is 5.33. The van der Waals surface area contributed by atoms with Crippen LogP contribution in [0.3, 0.4) is 0 Å². The smallest absolute Gasteiger partial charge is 0.0700 e. The summed E-state index contributed by atoms with van der Waals surface area (Å²) in [7, 11) is 0. The standard InChI is InChI=1S/C11H16BrNOS/c1-8-11(12)5-10(15-8)7-13-6-9-3-2-4-14-9/h5,9,13H,2-4,6-7H2,1H3. The minimum absolute atomic E-state index is 0.439. The van der Waals surface area contributed by atoms with Crippen molar-refractivity contribution in [1.29, 1.82) is 0 Å². The molecule has 0 bridgehead atoms. The van der Waals surface area contributed by atoms with Gasteiger partial charge in [0.25, 0.3) is 0 Å². The monoisotopic (exact) mass is 289 g/mol. The molecule has 1 atom stereocenters. The number of nitrogens with one attached hydrogen (secondary N) is 1. The molecule has 1 fully saturated rings. The highest BCUT2D eigenvalue weighted by Gasteiger charge is 2.14. The van der Waals surface area contributed by atoms with E-state index < -0.39 is 0 Å². The molecular formula is C11H16BrNOS. The minimum Gasteiger partial charge on any atom is -0.377 e. The van der Waals surface area contributed by atoms with Crippen LogP contribution in [0, 0.1) is 6.92 Å². The highest BCUT2D eigenvalue weighted by Crippen LogP contribution is 2.26. The van der Waals surface area contributed by atoms with Crippen molar-refractivity contribution >= 4 is 27.3 Å². The van der Waals surface area contributed by atoms with E-state index in [0.29, 0.717) is 6.10 Å². The van der Waals surface area contributed by atoms with Gasteiger partial charge in [-0.05, 0) is 41.8 Å². The summed E-state index contributed by atoms with van der Waals surface area (Å²) in [5, 5.41) is 3.45. The van der Waals surface area contributed by atoms with Crippen molar-refractivity contribution in [1.82, 2.24) is 5.32 Å². The third-order valence-corrected chi connectivity index (χ3v) is 4.74. The van der Waals surface area contributed by atoms with Crippen molar-refractivity contribution in [3.8, 4) is 0 Å². The zero-order valence-corrected chi connectivity index (χ0v) is 11.3. The van der Waals surface area contributed by atoms with Crippen LogP contribution in [0.1, 0.15) is 22.6 Å². The molecular weight excluding hydrogens is 274 g/mol. The summed E-state index contributed by atoms with van der Waals surface area (Å²) in [6, 6.07) is 2.20. The number of hydrogen-bond acceptors (Lipinski definition) is 3. The van der Waals surface area contributed by atoms with Gasteiger partial charge in [-0.25, -0.2) is 0 Å². The maximum Gasteiger partial charge on any atom is 0.0700 e. The molecule has 15 heavy (non-hydrogen) atoms. The summed E-state index contributed by atoms with van der Waals surface area (Å²) in [6.45, 7) is 5.01. The molecule has 1 aromatic rings. The van der Waals surface area contributed by atoms with Crippen LogP contribution in [-0.2, 0) is 11.3 Å². The van der Waals surface area contributed by atoms with Gasteiger partial charge in [0, 0.05) is 33.9 Å². The van der Waals surface area contributed by atoms with Crippen LogP contribution < -0.4 is 5.32 Å². The Hall–Kier alpha value is 0.100. The first kappa shape index (κ1) is 11.6. The van der Waals surface area contributed by atoms with E-state index in [2.05, 4.69) is 34.2 Å². The fourth-order valence-corrected chi connectivity index (χ4v) is 3.34. The second kappa shape index (κ2) is 5.43. The predicted molar refractivity (Wildman–Crippen MR) is 67.4 cm³/mol. The third-order valence-electron chi connectivity index (χ3n) is 2.60. The fourth-order valence-electron chi connectivity index (χ4n) is 1.77. The Labute approximate surface area is 103 Å². The molecule has 0 aliphatic carbocycles. The highest BCUT2D eigenvalue weighted by atomic mass is 79.9. The predicted octanol–water partition coefficient (Wildman–Crippen LogP) is 3.09. The summed E-state index contributed by atoms with van der Waals surface area (Å²) in [5.41, 5.74) is 0. The van der Waals surface area contributed by atoms with Crippen molar-refractivity contribution in [3.05, 3.63) is 20.3 Å². The molecule has 2 nitrogen and oxygen atoms in total. The lowest BCUT2D eigenvalue weighted by atomic mass is 10.2. The number of rotatable bonds is 4. The van der Waals surface area contributed by atoms with Crippen LogP contribution in [0.15, 0.2) is 10.5 Å². The van der Waals surface area contributed by atoms with Crippen molar-refractivity contribution < 1.29 is 4.74 Å². The Morgan fingerprint density at radius 2 is 2.53 bits per heavy atom. The topological polar surface area (TPSA) is 21.3 Å². The Morgan fingerprint density at radius 1 is 1.67 bits per heavy atom. The van der Waals surface area contributed by atoms with Crippen molar-refractivity contribution in [2.75, 3.05) is 13.2 Å². The molecule has 0 aromatic carbocycles. The maximum atomic E-state index is 5.55. The van der Waals surface area contributed by atoms with E-state index >= 15 is 0 Å². The summed E-state index contributed by atoms with van der Waals surface area (Å²) >= 11 is 5.38. The van der Waals surface area contributed by atoms with Gasteiger partial charge < -0.3 is 10.1 Å². The second-order valence-electron chi connectivity index (χ2n) is 3.88. The SMILES string of the molecule is Cc1sc(CNCC2CCCO2)cc1Br. The summed E-state index contributed by atoms with van der Waals surface area (Å²) in [4.78, 5) is 2.74. The number of ether oxygens (including phenoxy) is 1. The van der Waals surface area contributed by atoms with Gasteiger partial charge in [-0.15, -0.1) is 11.3 Å². The van der Waals surface area contributed by atoms with Crippen LogP contribution >= 0.6 is 27.3 Å². The highest BCUT2D eigenvalue weighted by molar-refractivity contribution is 9.10. The van der Waals surface area contributed by atoms with Gasteiger partial charge in [0.15, 0.2) is 0 Å². The Bertz CT molecular complexity index is 301. The van der Waals surface area contributed by atoms with E-state index in [1.165, 1.54) is 27.1 Å². The maximum absolute atomic E-state index is 5.55. The molecule has 1 N–H and O–H groups in total. The molecule has 0 radical (unpaired) electrons. The molecule has 4 heteroatoms. The van der Waals surface area contributed by atoms with E-state index in [9.17, 15) is 0 Å². The van der Waals surface area contributed by atoms with Crippen molar-refractivity contribution in [2.45, 2.75) is 32.4 Å². The molecule has 84 valence electrons. The van der Waals surface area contributed by atoms with E-state index in [-0.39, 0.29) is 0 Å². The quantitative estimate of drug-likeness (QED) is 0.920. The minimum atomic E-state index is 0.439. The zero-order chi connectivity index (χ0) is 10.7. The van der Waals surface area contributed by atoms with Crippen LogP contribution in [0.5, 0.6) is 0 Å². The van der Waals surface area contributed by atoms with E-state index in [1.54, 1.807) is 0 Å². The van der Waals surface area contributed by atoms with Gasteiger partial charge in [-0.3, -0.25) is 0 Å². The Kier molecular flexibility index (Phi) is 4.20. The average molecular weight is 290 g/mol. The number of thiophene rings is 1. The molecule has 1 saturated heterocycles. The van der Waals surface area contributed by atoms with Gasteiger partial charge in [0.1, 0.15) is 0 Å². The van der Waals surface area contributed by atoms with Gasteiger partial charge in [-0.1, -0.05) is 0 Å². The van der Waals surface area contributed by atoms with E-state index in [1.807, 2.05) is 11.3 Å². The lowest BCUT2D eigenvalue weighted by Gasteiger charge is -2.09. The Balaban J connectivity index is 1.73. The van der Waals surface area contributed by atoms with Crippen LogP contribution in [-0.4, -0.2) is 19.3 Å². The molecule has 0 saturated carbocycles. The fraction of sp³-hybridized carbons (Fsp3) is 0.636. The molecule has 1 unspecified atom stereocenters. The second-order valence-corrected chi connectivity index (χ2v) is 6.08. The molecule has 0 amide bonds. The van der Waals surface area contributed by atoms with Gasteiger partial charge >= 0.3 is 0 Å². The van der Waals surface area contributed by atoms with Gasteiger partial charge in [0.2, 0.25) is 0 Å². The zero-order valence-electron chi connectivity index (χ0n) is 8.88. The van der Waals surface area contributed by atoms with E-state index in [0.717, 1.165) is 19.7 Å². The number of halogens is 1.